The number of hydrogen-bond donors (Lipinski definition) is 1. The van der Waals surface area contributed by atoms with E-state index in [1.54, 1.807) is 11.0 Å². The number of carbonyl (C=O) groups is 3. The number of nitrogens with zero attached hydrogens (tertiary/aromatic N) is 3. The largest absolute Gasteiger partial charge is 0.464 e. The van der Waals surface area contributed by atoms with E-state index in [-0.39, 0.29) is 36.3 Å². The molecule has 0 bridgehead atoms. The fourth-order valence-corrected chi connectivity index (χ4v) is 4.58. The third kappa shape index (κ3) is 4.34. The SMILES string of the molecule is COC(=O)c1cccn1C1CCN(CC(=O)N2c3ccccc3NC(=O)CC2C)CC1. The van der Waals surface area contributed by atoms with Gasteiger partial charge in [0.15, 0.2) is 0 Å². The Morgan fingerprint density at radius 2 is 1.87 bits per heavy atom. The molecule has 3 heterocycles. The number of anilines is 2. The molecular formula is C23H28N4O4. The average Bonchev–Trinajstić information content (AvgIpc) is 3.20. The third-order valence-electron chi connectivity index (χ3n) is 6.11. The van der Waals surface area contributed by atoms with Crippen LogP contribution in [0.3, 0.4) is 0 Å². The topological polar surface area (TPSA) is 83.9 Å². The van der Waals surface area contributed by atoms with E-state index < -0.39 is 0 Å². The average molecular weight is 425 g/mol. The molecule has 0 spiro atoms. The van der Waals surface area contributed by atoms with E-state index >= 15 is 0 Å². The predicted molar refractivity (Wildman–Crippen MR) is 117 cm³/mol. The molecule has 0 aliphatic carbocycles. The Morgan fingerprint density at radius 3 is 2.61 bits per heavy atom. The van der Waals surface area contributed by atoms with Crippen LogP contribution in [0.15, 0.2) is 42.6 Å². The summed E-state index contributed by atoms with van der Waals surface area (Å²) in [6.07, 6.45) is 3.88. The number of likely N-dealkylation sites (tertiary alicyclic amines) is 1. The maximum atomic E-state index is 13.3. The summed E-state index contributed by atoms with van der Waals surface area (Å²) in [4.78, 5) is 41.3. The molecule has 2 aromatic rings. The Labute approximate surface area is 181 Å². The molecule has 1 saturated heterocycles. The molecule has 1 N–H and O–H groups in total. The van der Waals surface area contributed by atoms with Crippen molar-refractivity contribution >= 4 is 29.2 Å². The second-order valence-corrected chi connectivity index (χ2v) is 8.18. The van der Waals surface area contributed by atoms with Crippen molar-refractivity contribution in [2.45, 2.75) is 38.3 Å². The highest BCUT2D eigenvalue weighted by molar-refractivity contribution is 6.04. The van der Waals surface area contributed by atoms with Crippen molar-refractivity contribution in [3.05, 3.63) is 48.3 Å². The smallest absolute Gasteiger partial charge is 0.354 e. The number of carbonyl (C=O) groups excluding carboxylic acids is 3. The Hall–Kier alpha value is -3.13. The highest BCUT2D eigenvalue weighted by Gasteiger charge is 2.31. The molecule has 31 heavy (non-hydrogen) atoms. The third-order valence-corrected chi connectivity index (χ3v) is 6.11. The fraction of sp³-hybridized carbons (Fsp3) is 0.435. The second kappa shape index (κ2) is 8.93. The first-order valence-electron chi connectivity index (χ1n) is 10.7. The van der Waals surface area contributed by atoms with Crippen molar-refractivity contribution in [3.63, 3.8) is 0 Å². The Morgan fingerprint density at radius 1 is 1.13 bits per heavy atom. The van der Waals surface area contributed by atoms with Crippen LogP contribution in [0.2, 0.25) is 0 Å². The lowest BCUT2D eigenvalue weighted by molar-refractivity contribution is -0.120. The van der Waals surface area contributed by atoms with Gasteiger partial charge in [0.1, 0.15) is 5.69 Å². The van der Waals surface area contributed by atoms with E-state index in [4.69, 9.17) is 4.74 Å². The molecule has 0 saturated carbocycles. The molecule has 2 amide bonds. The normalized spacial score (nSPS) is 20.0. The van der Waals surface area contributed by atoms with Gasteiger partial charge in [-0.05, 0) is 44.0 Å². The number of benzene rings is 1. The first kappa shape index (κ1) is 21.1. The molecule has 8 nitrogen and oxygen atoms in total. The van der Waals surface area contributed by atoms with E-state index in [0.29, 0.717) is 17.9 Å². The van der Waals surface area contributed by atoms with Crippen LogP contribution >= 0.6 is 0 Å². The number of ether oxygens (including phenoxy) is 1. The molecule has 4 rings (SSSR count). The zero-order valence-corrected chi connectivity index (χ0v) is 17.9. The number of para-hydroxylation sites is 2. The molecule has 1 atom stereocenters. The maximum Gasteiger partial charge on any atom is 0.354 e. The van der Waals surface area contributed by atoms with Crippen molar-refractivity contribution in [2.75, 3.05) is 37.0 Å². The number of fused-ring (bicyclic) bond motifs is 1. The van der Waals surface area contributed by atoms with E-state index in [2.05, 4.69) is 10.2 Å². The van der Waals surface area contributed by atoms with E-state index in [1.807, 2.05) is 48.0 Å². The summed E-state index contributed by atoms with van der Waals surface area (Å²) in [5, 5.41) is 2.89. The molecule has 8 heteroatoms. The highest BCUT2D eigenvalue weighted by Crippen LogP contribution is 2.32. The van der Waals surface area contributed by atoms with Crippen LogP contribution in [-0.2, 0) is 14.3 Å². The molecule has 1 aromatic heterocycles. The molecular weight excluding hydrogens is 396 g/mol. The molecule has 2 aliphatic rings. The number of amides is 2. The van der Waals surface area contributed by atoms with Crippen molar-refractivity contribution in [2.24, 2.45) is 0 Å². The van der Waals surface area contributed by atoms with Crippen LogP contribution < -0.4 is 10.2 Å². The Balaban J connectivity index is 1.42. The van der Waals surface area contributed by atoms with Crippen LogP contribution in [0.5, 0.6) is 0 Å². The van der Waals surface area contributed by atoms with Gasteiger partial charge in [-0.15, -0.1) is 0 Å². The molecule has 0 radical (unpaired) electrons. The summed E-state index contributed by atoms with van der Waals surface area (Å²) in [5.41, 5.74) is 1.98. The quantitative estimate of drug-likeness (QED) is 0.763. The number of aromatic nitrogens is 1. The number of hydrogen-bond acceptors (Lipinski definition) is 5. The fourth-order valence-electron chi connectivity index (χ4n) is 4.58. The Bertz CT molecular complexity index is 977. The van der Waals surface area contributed by atoms with Gasteiger partial charge >= 0.3 is 5.97 Å². The molecule has 2 aliphatic heterocycles. The zero-order chi connectivity index (χ0) is 22.0. The summed E-state index contributed by atoms with van der Waals surface area (Å²) in [6.45, 7) is 3.73. The number of nitrogens with one attached hydrogen (secondary N) is 1. The number of piperidine rings is 1. The maximum absolute atomic E-state index is 13.3. The van der Waals surface area contributed by atoms with Crippen LogP contribution in [0.4, 0.5) is 11.4 Å². The first-order chi connectivity index (χ1) is 15.0. The van der Waals surface area contributed by atoms with Crippen molar-refractivity contribution in [1.82, 2.24) is 9.47 Å². The van der Waals surface area contributed by atoms with Crippen LogP contribution in [-0.4, -0.2) is 60.0 Å². The van der Waals surface area contributed by atoms with Gasteiger partial charge in [0.2, 0.25) is 11.8 Å². The van der Waals surface area contributed by atoms with Crippen molar-refractivity contribution < 1.29 is 19.1 Å². The van der Waals surface area contributed by atoms with E-state index in [1.165, 1.54) is 7.11 Å². The lowest BCUT2D eigenvalue weighted by Gasteiger charge is -2.35. The van der Waals surface area contributed by atoms with Gasteiger partial charge in [-0.25, -0.2) is 4.79 Å². The van der Waals surface area contributed by atoms with Crippen LogP contribution in [0, 0.1) is 0 Å². The van der Waals surface area contributed by atoms with Gasteiger partial charge in [-0.1, -0.05) is 12.1 Å². The first-order valence-corrected chi connectivity index (χ1v) is 10.7. The van der Waals surface area contributed by atoms with Gasteiger partial charge in [0, 0.05) is 37.8 Å². The summed E-state index contributed by atoms with van der Waals surface area (Å²) in [6, 6.07) is 11.1. The second-order valence-electron chi connectivity index (χ2n) is 8.18. The van der Waals surface area contributed by atoms with Gasteiger partial charge in [-0.3, -0.25) is 14.5 Å². The zero-order valence-electron chi connectivity index (χ0n) is 17.9. The minimum absolute atomic E-state index is 0.00823. The standard InChI is InChI=1S/C23H28N4O4/c1-16-14-21(28)24-18-6-3-4-7-19(18)27(16)22(29)15-25-12-9-17(10-13-25)26-11-5-8-20(26)23(30)31-2/h3-8,11,16-17H,9-10,12-15H2,1-2H3,(H,24,28). The van der Waals surface area contributed by atoms with E-state index in [0.717, 1.165) is 31.6 Å². The van der Waals surface area contributed by atoms with Gasteiger partial charge < -0.3 is 19.5 Å². The summed E-state index contributed by atoms with van der Waals surface area (Å²) < 4.78 is 6.86. The van der Waals surface area contributed by atoms with Gasteiger partial charge in [0.25, 0.3) is 0 Å². The van der Waals surface area contributed by atoms with Crippen molar-refractivity contribution in [1.29, 1.82) is 0 Å². The molecule has 1 aromatic carbocycles. The minimum atomic E-state index is -0.334. The predicted octanol–water partition coefficient (Wildman–Crippen LogP) is 2.68. The monoisotopic (exact) mass is 424 g/mol. The Kier molecular flexibility index (Phi) is 6.08. The highest BCUT2D eigenvalue weighted by atomic mass is 16.5. The van der Waals surface area contributed by atoms with Crippen molar-refractivity contribution in [3.8, 4) is 0 Å². The molecule has 164 valence electrons. The number of esters is 1. The number of rotatable bonds is 4. The lowest BCUT2D eigenvalue weighted by Crippen LogP contribution is -2.47. The van der Waals surface area contributed by atoms with E-state index in [9.17, 15) is 14.4 Å². The summed E-state index contributed by atoms with van der Waals surface area (Å²) in [7, 11) is 1.39. The lowest BCUT2D eigenvalue weighted by atomic mass is 10.0. The minimum Gasteiger partial charge on any atom is -0.464 e. The van der Waals surface area contributed by atoms with Crippen LogP contribution in [0.25, 0.3) is 0 Å². The number of methoxy groups -OCH3 is 1. The van der Waals surface area contributed by atoms with Gasteiger partial charge in [-0.2, -0.15) is 0 Å². The molecule has 1 unspecified atom stereocenters. The van der Waals surface area contributed by atoms with Crippen LogP contribution in [0.1, 0.15) is 42.7 Å². The summed E-state index contributed by atoms with van der Waals surface area (Å²) >= 11 is 0. The van der Waals surface area contributed by atoms with Gasteiger partial charge in [0.05, 0.1) is 25.0 Å². The summed E-state index contributed by atoms with van der Waals surface area (Å²) in [5.74, 6) is -0.421. The molecule has 1 fully saturated rings.